The van der Waals surface area contributed by atoms with E-state index in [-0.39, 0.29) is 17.6 Å². The Bertz CT molecular complexity index is 799. The van der Waals surface area contributed by atoms with Crippen molar-refractivity contribution >= 4 is 5.91 Å². The third-order valence-corrected chi connectivity index (χ3v) is 6.22. The molecule has 2 aromatic heterocycles. The number of amides is 1. The maximum Gasteiger partial charge on any atom is 0.287 e. The average molecular weight is 371 g/mol. The number of aromatic nitrogens is 5. The van der Waals surface area contributed by atoms with Gasteiger partial charge in [-0.05, 0) is 45.7 Å². The Labute approximate surface area is 159 Å². The number of rotatable bonds is 6. The van der Waals surface area contributed by atoms with Crippen LogP contribution in [0.5, 0.6) is 0 Å². The second-order valence-corrected chi connectivity index (χ2v) is 8.18. The van der Waals surface area contributed by atoms with Crippen LogP contribution < -0.4 is 5.32 Å². The van der Waals surface area contributed by atoms with Gasteiger partial charge in [0.2, 0.25) is 0 Å². The van der Waals surface area contributed by atoms with E-state index in [4.69, 9.17) is 0 Å². The zero-order chi connectivity index (χ0) is 19.0. The second kappa shape index (κ2) is 7.07. The minimum atomic E-state index is -0.152. The van der Waals surface area contributed by atoms with Crippen LogP contribution in [0.1, 0.15) is 67.3 Å². The highest BCUT2D eigenvalue weighted by Gasteiger charge is 2.48. The zero-order valence-electron chi connectivity index (χ0n) is 16.4. The van der Waals surface area contributed by atoms with Gasteiger partial charge in [-0.25, -0.2) is 9.67 Å². The van der Waals surface area contributed by atoms with E-state index in [0.717, 1.165) is 31.4 Å². The molecule has 0 aromatic carbocycles. The minimum absolute atomic E-state index is 0.0496. The van der Waals surface area contributed by atoms with E-state index in [2.05, 4.69) is 39.6 Å². The standard InChI is InChI=1S/C19H29N7O/c1-24(2)19(9-10-19)26-13-15(22-23-26)16(14-7-5-4-6-8-14)21-18(27)17-20-11-12-25(17)3/h11-14,16H,4-10H2,1-3H3,(H,21,27). The van der Waals surface area contributed by atoms with Crippen LogP contribution in [0.3, 0.4) is 0 Å². The predicted octanol–water partition coefficient (Wildman–Crippen LogP) is 2.07. The Balaban J connectivity index is 1.59. The van der Waals surface area contributed by atoms with Gasteiger partial charge in [0.1, 0.15) is 11.4 Å². The van der Waals surface area contributed by atoms with Crippen LogP contribution in [0.25, 0.3) is 0 Å². The maximum atomic E-state index is 12.8. The summed E-state index contributed by atoms with van der Waals surface area (Å²) < 4.78 is 3.72. The zero-order valence-corrected chi connectivity index (χ0v) is 16.4. The van der Waals surface area contributed by atoms with Gasteiger partial charge in [-0.15, -0.1) is 5.10 Å². The highest BCUT2D eigenvalue weighted by Crippen LogP contribution is 2.45. The monoisotopic (exact) mass is 371 g/mol. The van der Waals surface area contributed by atoms with Crippen molar-refractivity contribution in [2.45, 2.75) is 56.7 Å². The third-order valence-electron chi connectivity index (χ3n) is 6.22. The number of hydrogen-bond donors (Lipinski definition) is 1. The van der Waals surface area contributed by atoms with E-state index in [0.29, 0.717) is 11.7 Å². The normalized spacial score (nSPS) is 20.6. The Morgan fingerprint density at radius 3 is 2.63 bits per heavy atom. The van der Waals surface area contributed by atoms with Gasteiger partial charge >= 0.3 is 0 Å². The van der Waals surface area contributed by atoms with Crippen molar-refractivity contribution in [2.75, 3.05) is 14.1 Å². The van der Waals surface area contributed by atoms with Crippen molar-refractivity contribution < 1.29 is 4.79 Å². The van der Waals surface area contributed by atoms with Gasteiger partial charge in [-0.3, -0.25) is 9.69 Å². The maximum absolute atomic E-state index is 12.8. The minimum Gasteiger partial charge on any atom is -0.341 e. The molecular formula is C19H29N7O. The molecule has 0 bridgehead atoms. The van der Waals surface area contributed by atoms with Crippen molar-refractivity contribution in [3.8, 4) is 0 Å². The molecule has 8 heteroatoms. The number of hydrogen-bond acceptors (Lipinski definition) is 5. The van der Waals surface area contributed by atoms with Crippen molar-refractivity contribution in [2.24, 2.45) is 13.0 Å². The lowest BCUT2D eigenvalue weighted by atomic mass is 9.82. The van der Waals surface area contributed by atoms with Gasteiger partial charge < -0.3 is 9.88 Å². The largest absolute Gasteiger partial charge is 0.341 e. The summed E-state index contributed by atoms with van der Waals surface area (Å²) >= 11 is 0. The molecule has 2 aliphatic rings. The Morgan fingerprint density at radius 2 is 2.04 bits per heavy atom. The molecular weight excluding hydrogens is 342 g/mol. The summed E-state index contributed by atoms with van der Waals surface area (Å²) in [7, 11) is 5.99. The summed E-state index contributed by atoms with van der Waals surface area (Å²) in [6.45, 7) is 0. The second-order valence-electron chi connectivity index (χ2n) is 8.18. The molecule has 2 aromatic rings. The van der Waals surface area contributed by atoms with Crippen LogP contribution in [-0.4, -0.2) is 49.4 Å². The lowest BCUT2D eigenvalue weighted by molar-refractivity contribution is 0.0897. The first kappa shape index (κ1) is 18.2. The summed E-state index contributed by atoms with van der Waals surface area (Å²) in [5.74, 6) is 0.666. The van der Waals surface area contributed by atoms with Crippen LogP contribution in [-0.2, 0) is 12.7 Å². The molecule has 0 spiro atoms. The lowest BCUT2D eigenvalue weighted by Gasteiger charge is -2.29. The molecule has 8 nitrogen and oxygen atoms in total. The molecule has 2 saturated carbocycles. The fourth-order valence-corrected chi connectivity index (χ4v) is 4.31. The predicted molar refractivity (Wildman–Crippen MR) is 101 cm³/mol. The van der Waals surface area contributed by atoms with Gasteiger partial charge in [-0.1, -0.05) is 24.5 Å². The van der Waals surface area contributed by atoms with Gasteiger partial charge in [0, 0.05) is 19.4 Å². The summed E-state index contributed by atoms with van der Waals surface area (Å²) in [5, 5.41) is 12.1. The molecule has 0 saturated heterocycles. The number of imidazole rings is 1. The smallest absolute Gasteiger partial charge is 0.287 e. The quantitative estimate of drug-likeness (QED) is 0.841. The molecule has 0 aliphatic heterocycles. The third kappa shape index (κ3) is 3.38. The van der Waals surface area contributed by atoms with Crippen LogP contribution in [0.2, 0.25) is 0 Å². The number of aryl methyl sites for hydroxylation is 1. The molecule has 1 N–H and O–H groups in total. The van der Waals surface area contributed by atoms with Gasteiger partial charge in [0.15, 0.2) is 5.82 Å². The molecule has 4 rings (SSSR count). The van der Waals surface area contributed by atoms with E-state index in [1.54, 1.807) is 17.0 Å². The topological polar surface area (TPSA) is 80.9 Å². The Hall–Kier alpha value is -2.22. The Morgan fingerprint density at radius 1 is 1.30 bits per heavy atom. The number of nitrogens with one attached hydrogen (secondary N) is 1. The molecule has 27 heavy (non-hydrogen) atoms. The average Bonchev–Trinajstić information content (AvgIpc) is 3.14. The number of nitrogens with zero attached hydrogens (tertiary/aromatic N) is 6. The SMILES string of the molecule is CN(C)C1(n2cc(C(NC(=O)c3nccn3C)C3CCCCC3)nn2)CC1. The first-order chi connectivity index (χ1) is 13.0. The molecule has 2 heterocycles. The van der Waals surface area contributed by atoms with Crippen LogP contribution >= 0.6 is 0 Å². The van der Waals surface area contributed by atoms with Crippen molar-refractivity contribution in [3.05, 3.63) is 30.1 Å². The fourth-order valence-electron chi connectivity index (χ4n) is 4.31. The van der Waals surface area contributed by atoms with E-state index >= 15 is 0 Å². The van der Waals surface area contributed by atoms with E-state index in [1.165, 1.54) is 19.3 Å². The van der Waals surface area contributed by atoms with Crippen molar-refractivity contribution in [3.63, 3.8) is 0 Å². The van der Waals surface area contributed by atoms with Crippen LogP contribution in [0, 0.1) is 5.92 Å². The van der Waals surface area contributed by atoms with Gasteiger partial charge in [-0.2, -0.15) is 0 Å². The van der Waals surface area contributed by atoms with E-state index in [9.17, 15) is 4.79 Å². The summed E-state index contributed by atoms with van der Waals surface area (Å²) in [6, 6.07) is -0.124. The highest BCUT2D eigenvalue weighted by atomic mass is 16.2. The molecule has 0 radical (unpaired) electrons. The molecule has 1 atom stereocenters. The molecule has 146 valence electrons. The lowest BCUT2D eigenvalue weighted by Crippen LogP contribution is -2.36. The van der Waals surface area contributed by atoms with Crippen molar-refractivity contribution in [1.82, 2.24) is 34.8 Å². The van der Waals surface area contributed by atoms with Gasteiger partial charge in [0.25, 0.3) is 5.91 Å². The fraction of sp³-hybridized carbons (Fsp3) is 0.684. The first-order valence-electron chi connectivity index (χ1n) is 9.89. The van der Waals surface area contributed by atoms with Gasteiger partial charge in [0.05, 0.1) is 12.2 Å². The molecule has 1 amide bonds. The number of carbonyl (C=O) groups is 1. The molecule has 2 aliphatic carbocycles. The molecule has 2 fully saturated rings. The summed E-state index contributed by atoms with van der Waals surface area (Å²) in [6.07, 6.45) is 13.5. The highest BCUT2D eigenvalue weighted by molar-refractivity contribution is 5.91. The van der Waals surface area contributed by atoms with Crippen LogP contribution in [0.15, 0.2) is 18.6 Å². The first-order valence-corrected chi connectivity index (χ1v) is 9.89. The summed E-state index contributed by atoms with van der Waals surface area (Å²) in [5.41, 5.74) is 0.809. The summed E-state index contributed by atoms with van der Waals surface area (Å²) in [4.78, 5) is 19.2. The van der Waals surface area contributed by atoms with Crippen LogP contribution in [0.4, 0.5) is 0 Å². The Kier molecular flexibility index (Phi) is 4.75. The molecule has 1 unspecified atom stereocenters. The number of carbonyl (C=O) groups excluding carboxylic acids is 1. The van der Waals surface area contributed by atoms with E-state index < -0.39 is 0 Å². The van der Waals surface area contributed by atoms with Crippen molar-refractivity contribution in [1.29, 1.82) is 0 Å². The van der Waals surface area contributed by atoms with E-state index in [1.807, 2.05) is 17.9 Å².